The predicted octanol–water partition coefficient (Wildman–Crippen LogP) is 3.43. The Hall–Kier alpha value is -2.77. The fraction of sp³-hybridized carbons (Fsp3) is 0.333. The average molecular weight is 368 g/mol. The van der Waals surface area contributed by atoms with Gasteiger partial charge in [-0.2, -0.15) is 13.2 Å². The summed E-state index contributed by atoms with van der Waals surface area (Å²) in [5, 5.41) is 4.04. The highest BCUT2D eigenvalue weighted by atomic mass is 19.4. The Labute approximate surface area is 148 Å². The van der Waals surface area contributed by atoms with Crippen LogP contribution in [0.25, 0.3) is 10.8 Å². The van der Waals surface area contributed by atoms with E-state index in [1.807, 2.05) is 12.1 Å². The molecule has 0 aromatic heterocycles. The molecule has 0 bridgehead atoms. The Morgan fingerprint density at radius 3 is 2.38 bits per heavy atom. The van der Waals surface area contributed by atoms with E-state index in [-0.39, 0.29) is 24.1 Å². The van der Waals surface area contributed by atoms with E-state index in [0.29, 0.717) is 0 Å². The van der Waals surface area contributed by atoms with Crippen LogP contribution in [0.4, 0.5) is 18.9 Å². The maximum absolute atomic E-state index is 12.5. The van der Waals surface area contributed by atoms with Gasteiger partial charge in [-0.25, -0.2) is 4.79 Å². The molecule has 2 aromatic rings. The molecule has 2 aromatic carbocycles. The summed E-state index contributed by atoms with van der Waals surface area (Å²) in [7, 11) is 1.11. The second kappa shape index (κ2) is 8.07. The van der Waals surface area contributed by atoms with Crippen molar-refractivity contribution in [2.45, 2.75) is 31.5 Å². The van der Waals surface area contributed by atoms with Gasteiger partial charge in [0.25, 0.3) is 5.91 Å². The molecule has 26 heavy (non-hydrogen) atoms. The zero-order valence-corrected chi connectivity index (χ0v) is 14.1. The Balaban J connectivity index is 2.15. The van der Waals surface area contributed by atoms with Crippen molar-refractivity contribution in [3.05, 3.63) is 42.0 Å². The quantitative estimate of drug-likeness (QED) is 0.605. The molecular formula is C18H19F3N2O3. The molecule has 0 fully saturated rings. The van der Waals surface area contributed by atoms with Crippen molar-refractivity contribution in [3.8, 4) is 0 Å². The molecule has 1 amide bonds. The number of nitrogens with two attached hydrogens (primary N) is 1. The van der Waals surface area contributed by atoms with E-state index in [2.05, 4.69) is 10.1 Å². The number of nitrogen functional groups attached to an aromatic ring is 1. The lowest BCUT2D eigenvalue weighted by Gasteiger charge is -2.18. The molecule has 0 aliphatic carbocycles. The molecule has 2 rings (SSSR count). The van der Waals surface area contributed by atoms with E-state index in [0.717, 1.165) is 17.9 Å². The summed E-state index contributed by atoms with van der Waals surface area (Å²) >= 11 is 0. The molecule has 0 unspecified atom stereocenters. The highest BCUT2D eigenvalue weighted by Gasteiger charge is 2.29. The third-order valence-electron chi connectivity index (χ3n) is 3.91. The van der Waals surface area contributed by atoms with Gasteiger partial charge in [-0.1, -0.05) is 24.3 Å². The Morgan fingerprint density at radius 2 is 1.81 bits per heavy atom. The van der Waals surface area contributed by atoms with Gasteiger partial charge in [-0.3, -0.25) is 4.79 Å². The fourth-order valence-electron chi connectivity index (χ4n) is 2.59. The van der Waals surface area contributed by atoms with Gasteiger partial charge in [0, 0.05) is 12.1 Å². The Morgan fingerprint density at radius 1 is 1.19 bits per heavy atom. The zero-order valence-electron chi connectivity index (χ0n) is 14.1. The zero-order chi connectivity index (χ0) is 19.3. The van der Waals surface area contributed by atoms with Gasteiger partial charge in [-0.05, 0) is 35.7 Å². The summed E-state index contributed by atoms with van der Waals surface area (Å²) in [6, 6.07) is 9.28. The van der Waals surface area contributed by atoms with Crippen LogP contribution in [0.3, 0.4) is 0 Å². The van der Waals surface area contributed by atoms with Gasteiger partial charge in [0.15, 0.2) is 0 Å². The first-order chi connectivity index (χ1) is 12.2. The molecule has 140 valence electrons. The van der Waals surface area contributed by atoms with Crippen LogP contribution < -0.4 is 11.1 Å². The minimum absolute atomic E-state index is 0.147. The molecule has 3 N–H and O–H groups in total. The average Bonchev–Trinajstić information content (AvgIpc) is 2.58. The first-order valence-electron chi connectivity index (χ1n) is 7.95. The number of hydrogen-bond donors (Lipinski definition) is 2. The van der Waals surface area contributed by atoms with Crippen LogP contribution in [0.5, 0.6) is 0 Å². The van der Waals surface area contributed by atoms with Crippen LogP contribution in [-0.4, -0.2) is 31.2 Å². The number of nitrogens with one attached hydrogen (secondary N) is 1. The number of anilines is 1. The highest BCUT2D eigenvalue weighted by molar-refractivity contribution is 6.05. The standard InChI is InChI=1S/C18H19F3N2O3/c1-26-17(25)15(7-4-8-18(19,20)21)23-16(24)13-9-11-5-2-3-6-12(11)10-14(13)22/h2-3,5-6,9-10,15H,4,7-8,22H2,1H3,(H,23,24)/t15-/m0/s1. The van der Waals surface area contributed by atoms with Gasteiger partial charge in [-0.15, -0.1) is 0 Å². The summed E-state index contributed by atoms with van der Waals surface area (Å²) in [6.45, 7) is 0. The number of hydrogen-bond acceptors (Lipinski definition) is 4. The number of esters is 1. The lowest BCUT2D eigenvalue weighted by molar-refractivity contribution is -0.145. The second-order valence-corrected chi connectivity index (χ2v) is 5.84. The van der Waals surface area contributed by atoms with Crippen molar-refractivity contribution in [2.75, 3.05) is 12.8 Å². The molecule has 0 heterocycles. The summed E-state index contributed by atoms with van der Waals surface area (Å²) in [4.78, 5) is 24.3. The lowest BCUT2D eigenvalue weighted by Crippen LogP contribution is -2.41. The number of rotatable bonds is 6. The van der Waals surface area contributed by atoms with Crippen molar-refractivity contribution in [1.29, 1.82) is 0 Å². The van der Waals surface area contributed by atoms with Crippen LogP contribution in [-0.2, 0) is 9.53 Å². The van der Waals surface area contributed by atoms with Crippen LogP contribution in [0.1, 0.15) is 29.6 Å². The minimum Gasteiger partial charge on any atom is -0.467 e. The Kier molecular flexibility index (Phi) is 6.07. The van der Waals surface area contributed by atoms with E-state index in [9.17, 15) is 22.8 Å². The van der Waals surface area contributed by atoms with Crippen molar-refractivity contribution in [1.82, 2.24) is 5.32 Å². The Bertz CT molecular complexity index is 806. The molecule has 5 nitrogen and oxygen atoms in total. The van der Waals surface area contributed by atoms with Gasteiger partial charge in [0.05, 0.1) is 12.7 Å². The number of amides is 1. The normalized spacial score (nSPS) is 12.6. The summed E-state index contributed by atoms with van der Waals surface area (Å²) < 4.78 is 41.5. The van der Waals surface area contributed by atoms with E-state index < -0.39 is 30.5 Å². The number of carbonyl (C=O) groups is 2. The smallest absolute Gasteiger partial charge is 0.389 e. The van der Waals surface area contributed by atoms with Crippen LogP contribution in [0.2, 0.25) is 0 Å². The molecule has 0 radical (unpaired) electrons. The van der Waals surface area contributed by atoms with Crippen molar-refractivity contribution in [2.24, 2.45) is 0 Å². The highest BCUT2D eigenvalue weighted by Crippen LogP contribution is 2.24. The van der Waals surface area contributed by atoms with Crippen LogP contribution >= 0.6 is 0 Å². The molecule has 0 saturated carbocycles. The van der Waals surface area contributed by atoms with Crippen LogP contribution in [0, 0.1) is 0 Å². The SMILES string of the molecule is COC(=O)[C@H](CCCC(F)(F)F)NC(=O)c1cc2ccccc2cc1N. The van der Waals surface area contributed by atoms with Crippen LogP contribution in [0.15, 0.2) is 36.4 Å². The molecule has 0 saturated heterocycles. The molecular weight excluding hydrogens is 349 g/mol. The van der Waals surface area contributed by atoms with E-state index >= 15 is 0 Å². The van der Waals surface area contributed by atoms with Gasteiger partial charge < -0.3 is 15.8 Å². The van der Waals surface area contributed by atoms with E-state index in [1.54, 1.807) is 24.3 Å². The number of benzene rings is 2. The van der Waals surface area contributed by atoms with Crippen molar-refractivity contribution < 1.29 is 27.5 Å². The summed E-state index contributed by atoms with van der Waals surface area (Å²) in [6.07, 6.45) is -5.87. The van der Waals surface area contributed by atoms with Gasteiger partial charge >= 0.3 is 12.1 Å². The predicted molar refractivity (Wildman–Crippen MR) is 91.5 cm³/mol. The van der Waals surface area contributed by atoms with Crippen molar-refractivity contribution in [3.63, 3.8) is 0 Å². The largest absolute Gasteiger partial charge is 0.467 e. The number of alkyl halides is 3. The summed E-state index contributed by atoms with van der Waals surface area (Å²) in [5.74, 6) is -1.45. The minimum atomic E-state index is -4.33. The van der Waals surface area contributed by atoms with Gasteiger partial charge in [0.1, 0.15) is 6.04 Å². The third-order valence-corrected chi connectivity index (χ3v) is 3.91. The number of fused-ring (bicyclic) bond motifs is 1. The molecule has 1 atom stereocenters. The fourth-order valence-corrected chi connectivity index (χ4v) is 2.59. The summed E-state index contributed by atoms with van der Waals surface area (Å²) in [5.41, 5.74) is 6.26. The number of carbonyl (C=O) groups excluding carboxylic acids is 2. The number of ether oxygens (including phenoxy) is 1. The maximum Gasteiger partial charge on any atom is 0.389 e. The first kappa shape index (κ1) is 19.6. The third kappa shape index (κ3) is 5.11. The van der Waals surface area contributed by atoms with Gasteiger partial charge in [0.2, 0.25) is 0 Å². The molecule has 0 spiro atoms. The lowest BCUT2D eigenvalue weighted by atomic mass is 10.0. The topological polar surface area (TPSA) is 81.4 Å². The van der Waals surface area contributed by atoms with E-state index in [1.165, 1.54) is 0 Å². The number of methoxy groups -OCH3 is 1. The molecule has 0 aliphatic heterocycles. The molecule has 0 aliphatic rings. The monoisotopic (exact) mass is 368 g/mol. The van der Waals surface area contributed by atoms with Crippen molar-refractivity contribution >= 4 is 28.3 Å². The maximum atomic E-state index is 12.5. The first-order valence-corrected chi connectivity index (χ1v) is 7.95. The second-order valence-electron chi connectivity index (χ2n) is 5.84. The van der Waals surface area contributed by atoms with E-state index in [4.69, 9.17) is 5.73 Å². The number of halogens is 3. The molecule has 8 heteroatoms.